The lowest BCUT2D eigenvalue weighted by molar-refractivity contribution is 0.146. The van der Waals surface area contributed by atoms with Crippen molar-refractivity contribution >= 4 is 0 Å². The van der Waals surface area contributed by atoms with Crippen LogP contribution in [0.3, 0.4) is 0 Å². The molecule has 0 bridgehead atoms. The quantitative estimate of drug-likeness (QED) is 0.279. The second kappa shape index (κ2) is 15.0. The number of piperidine rings is 1. The molecule has 0 saturated carbocycles. The molecular weight excluding hydrogens is 390 g/mol. The SMILES string of the molecule is C=CCC1CCCCN1CCCCNCCCN(Cc1ccccc1)Cc1ccccc1. The van der Waals surface area contributed by atoms with Crippen molar-refractivity contribution in [2.45, 2.75) is 64.1 Å². The summed E-state index contributed by atoms with van der Waals surface area (Å²) in [5.41, 5.74) is 2.78. The maximum atomic E-state index is 3.95. The van der Waals surface area contributed by atoms with Crippen LogP contribution in [0.1, 0.15) is 56.1 Å². The van der Waals surface area contributed by atoms with Gasteiger partial charge in [0.15, 0.2) is 0 Å². The third-order valence-electron chi connectivity index (χ3n) is 6.56. The number of unbranched alkanes of at least 4 members (excludes halogenated alkanes) is 1. The van der Waals surface area contributed by atoms with E-state index in [1.807, 2.05) is 0 Å². The van der Waals surface area contributed by atoms with Crippen molar-refractivity contribution < 1.29 is 0 Å². The van der Waals surface area contributed by atoms with Gasteiger partial charge >= 0.3 is 0 Å². The van der Waals surface area contributed by atoms with Crippen molar-refractivity contribution in [3.05, 3.63) is 84.4 Å². The average molecular weight is 434 g/mol. The van der Waals surface area contributed by atoms with E-state index in [9.17, 15) is 0 Å². The molecule has 0 amide bonds. The lowest BCUT2D eigenvalue weighted by Gasteiger charge is -2.35. The fraction of sp³-hybridized carbons (Fsp3) is 0.517. The monoisotopic (exact) mass is 433 g/mol. The normalized spacial score (nSPS) is 17.0. The third kappa shape index (κ3) is 9.28. The molecule has 2 aromatic rings. The molecule has 1 fully saturated rings. The van der Waals surface area contributed by atoms with Crippen LogP contribution < -0.4 is 5.32 Å². The van der Waals surface area contributed by atoms with Gasteiger partial charge in [0.2, 0.25) is 0 Å². The molecule has 3 nitrogen and oxygen atoms in total. The molecule has 1 aliphatic rings. The summed E-state index contributed by atoms with van der Waals surface area (Å²) in [5, 5.41) is 3.68. The molecule has 3 rings (SSSR count). The van der Waals surface area contributed by atoms with Crippen LogP contribution in [0.2, 0.25) is 0 Å². The van der Waals surface area contributed by atoms with Crippen LogP contribution in [0, 0.1) is 0 Å². The van der Waals surface area contributed by atoms with E-state index in [2.05, 4.69) is 88.4 Å². The number of nitrogens with one attached hydrogen (secondary N) is 1. The summed E-state index contributed by atoms with van der Waals surface area (Å²) in [6.07, 6.45) is 11.1. The van der Waals surface area contributed by atoms with Crippen molar-refractivity contribution in [1.82, 2.24) is 15.1 Å². The van der Waals surface area contributed by atoms with E-state index in [4.69, 9.17) is 0 Å². The predicted octanol–water partition coefficient (Wildman–Crippen LogP) is 5.88. The van der Waals surface area contributed by atoms with Crippen molar-refractivity contribution in [3.63, 3.8) is 0 Å². The molecule has 1 heterocycles. The summed E-state index contributed by atoms with van der Waals surface area (Å²) in [6.45, 7) is 11.9. The van der Waals surface area contributed by atoms with Crippen LogP contribution >= 0.6 is 0 Å². The Morgan fingerprint density at radius 1 is 0.875 bits per heavy atom. The van der Waals surface area contributed by atoms with E-state index in [-0.39, 0.29) is 0 Å². The minimum absolute atomic E-state index is 0.745. The Balaban J connectivity index is 1.31. The summed E-state index contributed by atoms with van der Waals surface area (Å²) >= 11 is 0. The number of rotatable bonds is 15. The molecule has 32 heavy (non-hydrogen) atoms. The highest BCUT2D eigenvalue weighted by Crippen LogP contribution is 2.20. The summed E-state index contributed by atoms with van der Waals surface area (Å²) in [7, 11) is 0. The molecular formula is C29H43N3. The zero-order valence-corrected chi connectivity index (χ0v) is 19.9. The third-order valence-corrected chi connectivity index (χ3v) is 6.56. The fourth-order valence-corrected chi connectivity index (χ4v) is 4.83. The van der Waals surface area contributed by atoms with Gasteiger partial charge < -0.3 is 10.2 Å². The largest absolute Gasteiger partial charge is 0.317 e. The molecule has 1 aliphatic heterocycles. The van der Waals surface area contributed by atoms with Gasteiger partial charge in [0, 0.05) is 25.7 Å². The summed E-state index contributed by atoms with van der Waals surface area (Å²) < 4.78 is 0. The van der Waals surface area contributed by atoms with Crippen LogP contribution in [0.25, 0.3) is 0 Å². The highest BCUT2D eigenvalue weighted by Gasteiger charge is 2.20. The molecule has 2 aromatic carbocycles. The maximum absolute atomic E-state index is 3.95. The molecule has 0 aromatic heterocycles. The number of hydrogen-bond acceptors (Lipinski definition) is 3. The fourth-order valence-electron chi connectivity index (χ4n) is 4.83. The molecule has 0 aliphatic carbocycles. The Morgan fingerprint density at radius 2 is 1.53 bits per heavy atom. The molecule has 1 N–H and O–H groups in total. The van der Waals surface area contributed by atoms with Gasteiger partial charge in [0.25, 0.3) is 0 Å². The second-order valence-electron chi connectivity index (χ2n) is 9.20. The second-order valence-corrected chi connectivity index (χ2v) is 9.20. The van der Waals surface area contributed by atoms with Crippen molar-refractivity contribution in [3.8, 4) is 0 Å². The lowest BCUT2D eigenvalue weighted by Crippen LogP contribution is -2.39. The zero-order valence-electron chi connectivity index (χ0n) is 19.9. The van der Waals surface area contributed by atoms with E-state index in [0.29, 0.717) is 0 Å². The van der Waals surface area contributed by atoms with Crippen LogP contribution in [0.5, 0.6) is 0 Å². The topological polar surface area (TPSA) is 18.5 Å². The summed E-state index contributed by atoms with van der Waals surface area (Å²) in [5.74, 6) is 0. The smallest absolute Gasteiger partial charge is 0.0237 e. The van der Waals surface area contributed by atoms with Crippen LogP contribution in [0.4, 0.5) is 0 Å². The van der Waals surface area contributed by atoms with Gasteiger partial charge in [-0.25, -0.2) is 0 Å². The maximum Gasteiger partial charge on any atom is 0.0237 e. The van der Waals surface area contributed by atoms with Gasteiger partial charge in [0.1, 0.15) is 0 Å². The number of nitrogens with zero attached hydrogens (tertiary/aromatic N) is 2. The Labute approximate surface area is 196 Å². The summed E-state index contributed by atoms with van der Waals surface area (Å²) in [4.78, 5) is 5.28. The number of likely N-dealkylation sites (tertiary alicyclic amines) is 1. The van der Waals surface area contributed by atoms with Gasteiger partial charge in [-0.2, -0.15) is 0 Å². The predicted molar refractivity (Wildman–Crippen MR) is 138 cm³/mol. The Bertz CT molecular complexity index is 689. The van der Waals surface area contributed by atoms with E-state index in [1.165, 1.54) is 62.7 Å². The lowest BCUT2D eigenvalue weighted by atomic mass is 9.99. The van der Waals surface area contributed by atoms with Crippen molar-refractivity contribution in [2.24, 2.45) is 0 Å². The minimum Gasteiger partial charge on any atom is -0.317 e. The zero-order chi connectivity index (χ0) is 22.3. The van der Waals surface area contributed by atoms with E-state index < -0.39 is 0 Å². The molecule has 0 spiro atoms. The molecule has 3 heteroatoms. The minimum atomic E-state index is 0.745. The molecule has 1 saturated heterocycles. The van der Waals surface area contributed by atoms with Gasteiger partial charge in [-0.05, 0) is 75.8 Å². The Morgan fingerprint density at radius 3 is 2.19 bits per heavy atom. The van der Waals surface area contributed by atoms with Crippen LogP contribution in [-0.4, -0.2) is 48.6 Å². The van der Waals surface area contributed by atoms with E-state index >= 15 is 0 Å². The summed E-state index contributed by atoms with van der Waals surface area (Å²) in [6, 6.07) is 22.4. The van der Waals surface area contributed by atoms with Crippen molar-refractivity contribution in [2.75, 3.05) is 32.7 Å². The highest BCUT2D eigenvalue weighted by atomic mass is 15.2. The van der Waals surface area contributed by atoms with Gasteiger partial charge in [-0.1, -0.05) is 73.2 Å². The van der Waals surface area contributed by atoms with Crippen LogP contribution in [0.15, 0.2) is 73.3 Å². The van der Waals surface area contributed by atoms with Crippen molar-refractivity contribution in [1.29, 1.82) is 0 Å². The first-order chi connectivity index (χ1) is 15.8. The first-order valence-electron chi connectivity index (χ1n) is 12.7. The van der Waals surface area contributed by atoms with Gasteiger partial charge in [-0.3, -0.25) is 4.90 Å². The van der Waals surface area contributed by atoms with Gasteiger partial charge in [-0.15, -0.1) is 6.58 Å². The number of hydrogen-bond donors (Lipinski definition) is 1. The Hall–Kier alpha value is -1.94. The number of benzene rings is 2. The first-order valence-corrected chi connectivity index (χ1v) is 12.7. The molecule has 0 radical (unpaired) electrons. The van der Waals surface area contributed by atoms with Gasteiger partial charge in [0.05, 0.1) is 0 Å². The molecule has 174 valence electrons. The molecule has 1 unspecified atom stereocenters. The van der Waals surface area contributed by atoms with Crippen LogP contribution in [-0.2, 0) is 13.1 Å². The highest BCUT2D eigenvalue weighted by molar-refractivity contribution is 5.17. The van der Waals surface area contributed by atoms with E-state index in [1.54, 1.807) is 0 Å². The van der Waals surface area contributed by atoms with E-state index in [0.717, 1.165) is 45.2 Å². The average Bonchev–Trinajstić information content (AvgIpc) is 2.83. The Kier molecular flexibility index (Phi) is 11.6. The first kappa shape index (κ1) is 24.7. The standard InChI is InChI=1S/C29H43N3/c1-2-14-29-19-9-11-23-32(29)24-12-10-20-30-21-13-22-31(25-27-15-5-3-6-16-27)26-28-17-7-4-8-18-28/h2-8,15-18,29-30H,1,9-14,19-26H2. The molecule has 1 atom stereocenters.